The van der Waals surface area contributed by atoms with Crippen LogP contribution in [-0.2, 0) is 17.4 Å². The summed E-state index contributed by atoms with van der Waals surface area (Å²) >= 11 is 0. The summed E-state index contributed by atoms with van der Waals surface area (Å²) in [5.41, 5.74) is 0.313. The summed E-state index contributed by atoms with van der Waals surface area (Å²) in [6, 6.07) is 20.8. The van der Waals surface area contributed by atoms with E-state index in [1.165, 1.54) is 12.1 Å². The maximum atomic E-state index is 12.9. The van der Waals surface area contributed by atoms with Crippen LogP contribution in [0.5, 0.6) is 0 Å². The molecule has 154 valence electrons. The lowest BCUT2D eigenvalue weighted by Crippen LogP contribution is -2.45. The van der Waals surface area contributed by atoms with Crippen LogP contribution in [0.1, 0.15) is 21.5 Å². The van der Waals surface area contributed by atoms with Gasteiger partial charge in [-0.3, -0.25) is 9.59 Å². The summed E-state index contributed by atoms with van der Waals surface area (Å²) < 4.78 is 38.8. The molecule has 3 aromatic rings. The molecule has 0 aliphatic heterocycles. The first-order chi connectivity index (χ1) is 14.3. The van der Waals surface area contributed by atoms with Gasteiger partial charge in [-0.05, 0) is 35.9 Å². The first kappa shape index (κ1) is 21.1. The molecule has 2 N–H and O–H groups in total. The molecule has 3 rings (SSSR count). The Kier molecular flexibility index (Phi) is 6.51. The zero-order valence-corrected chi connectivity index (χ0v) is 15.8. The van der Waals surface area contributed by atoms with E-state index in [4.69, 9.17) is 0 Å². The van der Waals surface area contributed by atoms with Crippen molar-refractivity contribution in [2.24, 2.45) is 0 Å². The maximum absolute atomic E-state index is 12.9. The summed E-state index contributed by atoms with van der Waals surface area (Å²) in [5, 5.41) is 5.15. The number of hydrogen-bond donors (Lipinski definition) is 2. The van der Waals surface area contributed by atoms with Crippen LogP contribution in [0.2, 0.25) is 0 Å². The van der Waals surface area contributed by atoms with Crippen LogP contribution in [-0.4, -0.2) is 17.9 Å². The van der Waals surface area contributed by atoms with Crippen molar-refractivity contribution in [1.82, 2.24) is 5.32 Å². The van der Waals surface area contributed by atoms with Crippen LogP contribution >= 0.6 is 0 Å². The van der Waals surface area contributed by atoms with E-state index in [1.807, 2.05) is 6.07 Å². The molecule has 0 bridgehead atoms. The molecule has 30 heavy (non-hydrogen) atoms. The Morgan fingerprint density at radius 3 is 2.10 bits per heavy atom. The van der Waals surface area contributed by atoms with Crippen LogP contribution in [0.3, 0.4) is 0 Å². The average Bonchev–Trinajstić information content (AvgIpc) is 2.74. The fraction of sp³-hybridized carbons (Fsp3) is 0.130. The highest BCUT2D eigenvalue weighted by Crippen LogP contribution is 2.30. The smallest absolute Gasteiger partial charge is 0.340 e. The highest BCUT2D eigenvalue weighted by atomic mass is 19.4. The summed E-state index contributed by atoms with van der Waals surface area (Å²) in [7, 11) is 0. The number of benzene rings is 3. The summed E-state index contributed by atoms with van der Waals surface area (Å²) in [5.74, 6) is -1.06. The van der Waals surface area contributed by atoms with Gasteiger partial charge in [0, 0.05) is 17.7 Å². The third kappa shape index (κ3) is 5.70. The lowest BCUT2D eigenvalue weighted by Gasteiger charge is -2.19. The van der Waals surface area contributed by atoms with Crippen LogP contribution in [0.15, 0.2) is 84.9 Å². The highest BCUT2D eigenvalue weighted by molar-refractivity contribution is 6.01. The standard InChI is InChI=1S/C23H19F3N2O2/c24-23(25,26)18-12-7-13-19(15-18)27-22(30)20(14-16-8-3-1-4-9-16)28-21(29)17-10-5-2-6-11-17/h1-13,15,20H,14H2,(H,27,30)(H,28,29)/t20-/m0/s1. The number of carbonyl (C=O) groups is 2. The minimum Gasteiger partial charge on any atom is -0.340 e. The van der Waals surface area contributed by atoms with Crippen LogP contribution < -0.4 is 10.6 Å². The number of hydrogen-bond acceptors (Lipinski definition) is 2. The molecule has 0 aliphatic carbocycles. The molecule has 2 amide bonds. The molecule has 0 unspecified atom stereocenters. The Morgan fingerprint density at radius 2 is 1.47 bits per heavy atom. The van der Waals surface area contributed by atoms with Gasteiger partial charge in [0.05, 0.1) is 5.56 Å². The van der Waals surface area contributed by atoms with Crippen LogP contribution in [0, 0.1) is 0 Å². The monoisotopic (exact) mass is 412 g/mol. The van der Waals surface area contributed by atoms with Crippen molar-refractivity contribution in [3.05, 3.63) is 102 Å². The van der Waals surface area contributed by atoms with Gasteiger partial charge >= 0.3 is 6.18 Å². The Balaban J connectivity index is 1.80. The van der Waals surface area contributed by atoms with E-state index in [2.05, 4.69) is 10.6 Å². The number of halogens is 3. The Bertz CT molecular complexity index is 1010. The van der Waals surface area contributed by atoms with Gasteiger partial charge in [0.25, 0.3) is 5.91 Å². The lowest BCUT2D eigenvalue weighted by atomic mass is 10.0. The number of carbonyl (C=O) groups excluding carboxylic acids is 2. The number of alkyl halides is 3. The van der Waals surface area contributed by atoms with Crippen molar-refractivity contribution >= 4 is 17.5 Å². The van der Waals surface area contributed by atoms with Crippen molar-refractivity contribution in [2.75, 3.05) is 5.32 Å². The third-order valence-corrected chi connectivity index (χ3v) is 4.40. The Labute approximate surface area is 171 Å². The van der Waals surface area contributed by atoms with Crippen molar-refractivity contribution in [3.8, 4) is 0 Å². The molecule has 0 fully saturated rings. The largest absolute Gasteiger partial charge is 0.416 e. The Morgan fingerprint density at radius 1 is 0.833 bits per heavy atom. The van der Waals surface area contributed by atoms with E-state index in [9.17, 15) is 22.8 Å². The second-order valence-electron chi connectivity index (χ2n) is 6.65. The molecular weight excluding hydrogens is 393 g/mol. The van der Waals surface area contributed by atoms with Crippen molar-refractivity contribution < 1.29 is 22.8 Å². The predicted molar refractivity (Wildman–Crippen MR) is 108 cm³/mol. The number of anilines is 1. The number of nitrogens with one attached hydrogen (secondary N) is 2. The van der Waals surface area contributed by atoms with Crippen molar-refractivity contribution in [3.63, 3.8) is 0 Å². The molecule has 0 radical (unpaired) electrons. The highest BCUT2D eigenvalue weighted by Gasteiger charge is 2.31. The van der Waals surface area contributed by atoms with E-state index in [0.717, 1.165) is 17.7 Å². The number of amides is 2. The molecule has 0 saturated heterocycles. The van der Waals surface area contributed by atoms with E-state index in [1.54, 1.807) is 54.6 Å². The molecule has 0 heterocycles. The topological polar surface area (TPSA) is 58.2 Å². The zero-order chi connectivity index (χ0) is 21.6. The maximum Gasteiger partial charge on any atom is 0.416 e. The molecule has 4 nitrogen and oxygen atoms in total. The molecular formula is C23H19F3N2O2. The minimum atomic E-state index is -4.52. The molecule has 0 aromatic heterocycles. The normalized spacial score (nSPS) is 12.1. The number of rotatable bonds is 6. The molecule has 0 aliphatic rings. The minimum absolute atomic E-state index is 0.00171. The second kappa shape index (κ2) is 9.26. The summed E-state index contributed by atoms with van der Waals surface area (Å²) in [6.45, 7) is 0. The zero-order valence-electron chi connectivity index (χ0n) is 15.8. The van der Waals surface area contributed by atoms with Gasteiger partial charge in [0.2, 0.25) is 5.91 Å². The molecule has 0 saturated carbocycles. The van der Waals surface area contributed by atoms with Gasteiger partial charge in [-0.25, -0.2) is 0 Å². The SMILES string of the molecule is O=C(N[C@@H](Cc1ccccc1)C(=O)Nc1cccc(C(F)(F)F)c1)c1ccccc1. The van der Waals surface area contributed by atoms with Crippen LogP contribution in [0.25, 0.3) is 0 Å². The van der Waals surface area contributed by atoms with Crippen molar-refractivity contribution in [2.45, 2.75) is 18.6 Å². The van der Waals surface area contributed by atoms with Crippen molar-refractivity contribution in [1.29, 1.82) is 0 Å². The van der Waals surface area contributed by atoms with Gasteiger partial charge in [-0.2, -0.15) is 13.2 Å². The van der Waals surface area contributed by atoms with E-state index in [-0.39, 0.29) is 12.1 Å². The third-order valence-electron chi connectivity index (χ3n) is 4.40. The summed E-state index contributed by atoms with van der Waals surface area (Å²) in [4.78, 5) is 25.4. The lowest BCUT2D eigenvalue weighted by molar-refractivity contribution is -0.137. The van der Waals surface area contributed by atoms with Gasteiger partial charge < -0.3 is 10.6 Å². The fourth-order valence-corrected chi connectivity index (χ4v) is 2.89. The molecule has 7 heteroatoms. The van der Waals surface area contributed by atoms with Crippen LogP contribution in [0.4, 0.5) is 18.9 Å². The first-order valence-corrected chi connectivity index (χ1v) is 9.21. The van der Waals surface area contributed by atoms with Gasteiger partial charge in [0.1, 0.15) is 6.04 Å². The molecule has 0 spiro atoms. The predicted octanol–water partition coefficient (Wildman–Crippen LogP) is 4.69. The fourth-order valence-electron chi connectivity index (χ4n) is 2.89. The average molecular weight is 412 g/mol. The summed E-state index contributed by atoms with van der Waals surface area (Å²) in [6.07, 6.45) is -4.34. The van der Waals surface area contributed by atoms with Gasteiger partial charge in [0.15, 0.2) is 0 Å². The van der Waals surface area contributed by atoms with Gasteiger partial charge in [-0.1, -0.05) is 54.6 Å². The Hall–Kier alpha value is -3.61. The quantitative estimate of drug-likeness (QED) is 0.617. The van der Waals surface area contributed by atoms with E-state index >= 15 is 0 Å². The molecule has 3 aromatic carbocycles. The first-order valence-electron chi connectivity index (χ1n) is 9.21. The van der Waals surface area contributed by atoms with E-state index in [0.29, 0.717) is 5.56 Å². The van der Waals surface area contributed by atoms with Gasteiger partial charge in [-0.15, -0.1) is 0 Å². The molecule has 1 atom stereocenters. The second-order valence-corrected chi connectivity index (χ2v) is 6.65. The van der Waals surface area contributed by atoms with E-state index < -0.39 is 29.6 Å².